The molecule has 5 nitrogen and oxygen atoms in total. The van der Waals surface area contributed by atoms with Crippen molar-refractivity contribution in [2.24, 2.45) is 23.2 Å². The summed E-state index contributed by atoms with van der Waals surface area (Å²) >= 11 is 0. The molecule has 3 rings (SSSR count). The highest BCUT2D eigenvalue weighted by molar-refractivity contribution is 5.40. The lowest BCUT2D eigenvalue weighted by molar-refractivity contribution is -0.0958. The van der Waals surface area contributed by atoms with E-state index in [2.05, 4.69) is 32.6 Å². The number of aliphatic hydroxyl groups excluding tert-OH is 3. The molecule has 0 amide bonds. The van der Waals surface area contributed by atoms with Gasteiger partial charge >= 0.3 is 0 Å². The van der Waals surface area contributed by atoms with E-state index in [1.807, 2.05) is 13.8 Å². The Morgan fingerprint density at radius 3 is 2.61 bits per heavy atom. The SMILES string of the molecule is C=C1C(=CC=C2CCC[C@]3(C)[C@@H]([C@H](C)CCCC(C)(C)O)CC[C@@H]23)C[C@@H](O)[C@@H](OCCCCO)[C@@H]1O. The number of hydrogen-bond acceptors (Lipinski definition) is 5. The number of allylic oxidation sites excluding steroid dienone is 3. The molecule has 0 saturated heterocycles. The van der Waals surface area contributed by atoms with Gasteiger partial charge in [0.15, 0.2) is 0 Å². The fraction of sp³-hybridized carbons (Fsp3) is 0.806. The lowest BCUT2D eigenvalue weighted by Crippen LogP contribution is -2.45. The molecule has 0 aromatic heterocycles. The van der Waals surface area contributed by atoms with Crippen LogP contribution in [-0.2, 0) is 4.74 Å². The lowest BCUT2D eigenvalue weighted by Gasteiger charge is -2.44. The Labute approximate surface area is 219 Å². The van der Waals surface area contributed by atoms with Gasteiger partial charge in [0.25, 0.3) is 0 Å². The van der Waals surface area contributed by atoms with Crippen LogP contribution in [0.4, 0.5) is 0 Å². The molecule has 0 bridgehead atoms. The van der Waals surface area contributed by atoms with Gasteiger partial charge in [0.05, 0.1) is 11.7 Å². The Kier molecular flexibility index (Phi) is 10.4. The molecule has 0 unspecified atom stereocenters. The van der Waals surface area contributed by atoms with Gasteiger partial charge in [-0.1, -0.05) is 51.0 Å². The largest absolute Gasteiger partial charge is 0.396 e. The molecule has 0 aliphatic heterocycles. The Morgan fingerprint density at radius 2 is 1.92 bits per heavy atom. The van der Waals surface area contributed by atoms with Gasteiger partial charge in [-0.15, -0.1) is 0 Å². The van der Waals surface area contributed by atoms with E-state index >= 15 is 0 Å². The summed E-state index contributed by atoms with van der Waals surface area (Å²) in [4.78, 5) is 0. The van der Waals surface area contributed by atoms with E-state index < -0.39 is 23.9 Å². The molecule has 7 atom stereocenters. The molecular formula is C31H52O5. The molecule has 0 aromatic rings. The number of fused-ring (bicyclic) bond motifs is 1. The van der Waals surface area contributed by atoms with Gasteiger partial charge in [0, 0.05) is 19.6 Å². The summed E-state index contributed by atoms with van der Waals surface area (Å²) in [5, 5.41) is 40.5. The Morgan fingerprint density at radius 1 is 1.17 bits per heavy atom. The standard InChI is InChI=1S/C31H52O5/c1-21(10-8-16-30(3,4)35)25-14-15-26-23(11-9-17-31(25,26)5)12-13-24-20-27(33)29(28(34)22(24)2)36-19-7-6-18-32/h12-13,21,25-29,32-35H,2,6-11,14-20H2,1,3-5H3/t21-,25-,26+,27-,28-,29-,31-/m1/s1. The molecule has 0 heterocycles. The van der Waals surface area contributed by atoms with Gasteiger partial charge in [-0.25, -0.2) is 0 Å². The zero-order valence-electron chi connectivity index (χ0n) is 23.2. The van der Waals surface area contributed by atoms with E-state index in [9.17, 15) is 15.3 Å². The summed E-state index contributed by atoms with van der Waals surface area (Å²) in [6.07, 6.45) is 13.1. The van der Waals surface area contributed by atoms with Gasteiger partial charge in [-0.3, -0.25) is 0 Å². The highest BCUT2D eigenvalue weighted by Crippen LogP contribution is 2.60. The molecule has 3 aliphatic rings. The maximum atomic E-state index is 10.8. The van der Waals surface area contributed by atoms with Crippen molar-refractivity contribution in [1.82, 2.24) is 0 Å². The Balaban J connectivity index is 1.65. The zero-order valence-corrected chi connectivity index (χ0v) is 23.2. The third kappa shape index (κ3) is 7.11. The molecular weight excluding hydrogens is 452 g/mol. The van der Waals surface area contributed by atoms with Crippen molar-refractivity contribution in [1.29, 1.82) is 0 Å². The van der Waals surface area contributed by atoms with Gasteiger partial charge in [-0.2, -0.15) is 0 Å². The number of ether oxygens (including phenoxy) is 1. The maximum Gasteiger partial charge on any atom is 0.114 e. The average Bonchev–Trinajstić information content (AvgIpc) is 3.16. The molecule has 0 aromatic carbocycles. The third-order valence-electron chi connectivity index (χ3n) is 9.42. The summed E-state index contributed by atoms with van der Waals surface area (Å²) < 4.78 is 5.74. The predicted octanol–water partition coefficient (Wildman–Crippen LogP) is 5.47. The minimum Gasteiger partial charge on any atom is -0.396 e. The van der Waals surface area contributed by atoms with E-state index in [1.54, 1.807) is 0 Å². The van der Waals surface area contributed by atoms with E-state index in [4.69, 9.17) is 9.84 Å². The summed E-state index contributed by atoms with van der Waals surface area (Å²) in [6.45, 7) is 13.4. The van der Waals surface area contributed by atoms with Crippen molar-refractivity contribution in [3.05, 3.63) is 35.5 Å². The second-order valence-electron chi connectivity index (χ2n) is 12.7. The van der Waals surface area contributed by atoms with Gasteiger partial charge in [-0.05, 0) is 99.5 Å². The van der Waals surface area contributed by atoms with Gasteiger partial charge < -0.3 is 25.2 Å². The van der Waals surface area contributed by atoms with E-state index in [-0.39, 0.29) is 6.61 Å². The number of rotatable bonds is 11. The van der Waals surface area contributed by atoms with Crippen LogP contribution in [0.2, 0.25) is 0 Å². The first-order chi connectivity index (χ1) is 17.0. The summed E-state index contributed by atoms with van der Waals surface area (Å²) in [5.74, 6) is 1.98. The first-order valence-corrected chi connectivity index (χ1v) is 14.4. The molecule has 206 valence electrons. The van der Waals surface area contributed by atoms with Crippen LogP contribution in [0.15, 0.2) is 35.5 Å². The van der Waals surface area contributed by atoms with Crippen LogP contribution < -0.4 is 0 Å². The van der Waals surface area contributed by atoms with Crippen molar-refractivity contribution >= 4 is 0 Å². The normalized spacial score (nSPS) is 36.4. The third-order valence-corrected chi connectivity index (χ3v) is 9.42. The average molecular weight is 505 g/mol. The van der Waals surface area contributed by atoms with E-state index in [1.165, 1.54) is 37.7 Å². The molecule has 4 N–H and O–H groups in total. The van der Waals surface area contributed by atoms with Crippen LogP contribution in [0.25, 0.3) is 0 Å². The quantitative estimate of drug-likeness (QED) is 0.280. The molecule has 3 fully saturated rings. The summed E-state index contributed by atoms with van der Waals surface area (Å²) in [6, 6.07) is 0. The van der Waals surface area contributed by atoms with Crippen LogP contribution in [0.3, 0.4) is 0 Å². The van der Waals surface area contributed by atoms with Crippen molar-refractivity contribution in [2.45, 2.75) is 122 Å². The summed E-state index contributed by atoms with van der Waals surface area (Å²) in [7, 11) is 0. The minimum atomic E-state index is -0.912. The second kappa shape index (κ2) is 12.7. The summed E-state index contributed by atoms with van der Waals surface area (Å²) in [5.41, 5.74) is 2.83. The zero-order chi connectivity index (χ0) is 26.5. The number of hydrogen-bond donors (Lipinski definition) is 4. The van der Waals surface area contributed by atoms with Crippen LogP contribution >= 0.6 is 0 Å². The predicted molar refractivity (Wildman–Crippen MR) is 145 cm³/mol. The second-order valence-corrected chi connectivity index (χ2v) is 12.7. The van der Waals surface area contributed by atoms with Crippen LogP contribution in [-0.4, -0.2) is 57.6 Å². The lowest BCUT2D eigenvalue weighted by atomic mass is 9.60. The Hall–Kier alpha value is -0.980. The fourth-order valence-corrected chi connectivity index (χ4v) is 7.36. The highest BCUT2D eigenvalue weighted by Gasteiger charge is 2.50. The first-order valence-electron chi connectivity index (χ1n) is 14.4. The number of unbranched alkanes of at least 4 members (excludes halogenated alkanes) is 1. The monoisotopic (exact) mass is 504 g/mol. The minimum absolute atomic E-state index is 0.120. The van der Waals surface area contributed by atoms with Crippen molar-refractivity contribution in [2.75, 3.05) is 13.2 Å². The smallest absolute Gasteiger partial charge is 0.114 e. The molecule has 36 heavy (non-hydrogen) atoms. The molecule has 3 aliphatic carbocycles. The fourth-order valence-electron chi connectivity index (χ4n) is 7.36. The molecule has 3 saturated carbocycles. The maximum absolute atomic E-state index is 10.8. The van der Waals surface area contributed by atoms with E-state index in [0.29, 0.717) is 48.7 Å². The Bertz CT molecular complexity index is 793. The highest BCUT2D eigenvalue weighted by atomic mass is 16.5. The molecule has 5 heteroatoms. The van der Waals surface area contributed by atoms with Crippen molar-refractivity contribution in [3.63, 3.8) is 0 Å². The van der Waals surface area contributed by atoms with Gasteiger partial charge in [0.1, 0.15) is 12.2 Å². The first kappa shape index (κ1) is 29.6. The van der Waals surface area contributed by atoms with Crippen molar-refractivity contribution in [3.8, 4) is 0 Å². The van der Waals surface area contributed by atoms with Crippen LogP contribution in [0, 0.1) is 23.2 Å². The van der Waals surface area contributed by atoms with E-state index in [0.717, 1.165) is 30.8 Å². The van der Waals surface area contributed by atoms with Crippen LogP contribution in [0.1, 0.15) is 98.3 Å². The molecule has 0 radical (unpaired) electrons. The topological polar surface area (TPSA) is 90.2 Å². The van der Waals surface area contributed by atoms with Gasteiger partial charge in [0.2, 0.25) is 0 Å². The molecule has 0 spiro atoms. The van der Waals surface area contributed by atoms with Crippen LogP contribution in [0.5, 0.6) is 0 Å². The van der Waals surface area contributed by atoms with Crippen molar-refractivity contribution < 1.29 is 25.2 Å². The number of aliphatic hydroxyl groups is 4.